The van der Waals surface area contributed by atoms with Gasteiger partial charge in [0.05, 0.1) is 5.69 Å². The third-order valence-electron chi connectivity index (χ3n) is 7.06. The summed E-state index contributed by atoms with van der Waals surface area (Å²) >= 11 is 5.86. The number of carbonyl (C=O) groups is 3. The summed E-state index contributed by atoms with van der Waals surface area (Å²) in [5.41, 5.74) is 1.84. The van der Waals surface area contributed by atoms with Crippen LogP contribution in [0.2, 0.25) is 5.15 Å². The number of nitrogens with zero attached hydrogens (tertiary/aromatic N) is 4. The second kappa shape index (κ2) is 8.87. The molecule has 3 fully saturated rings. The quantitative estimate of drug-likeness (QED) is 0.613. The van der Waals surface area contributed by atoms with Crippen molar-refractivity contribution in [3.8, 4) is 11.3 Å². The zero-order valence-electron chi connectivity index (χ0n) is 19.0. The molecule has 3 aliphatic rings. The molecule has 2 saturated heterocycles. The van der Waals surface area contributed by atoms with E-state index in [-0.39, 0.29) is 30.2 Å². The van der Waals surface area contributed by atoms with Crippen LogP contribution in [0, 0.1) is 5.92 Å². The summed E-state index contributed by atoms with van der Waals surface area (Å²) < 4.78 is 0. The van der Waals surface area contributed by atoms with Crippen LogP contribution < -0.4 is 15.5 Å². The Morgan fingerprint density at radius 1 is 1.18 bits per heavy atom. The Labute approximate surface area is 202 Å². The van der Waals surface area contributed by atoms with Gasteiger partial charge in [-0.05, 0) is 56.4 Å². The smallest absolute Gasteiger partial charge is 0.322 e. The number of hydrogen-bond donors (Lipinski definition) is 2. The number of nitrogens with one attached hydrogen (secondary N) is 2. The number of anilines is 1. The largest absolute Gasteiger partial charge is 0.365 e. The summed E-state index contributed by atoms with van der Waals surface area (Å²) in [6.07, 6.45) is 2.38. The molecule has 4 amide bonds. The Balaban J connectivity index is 1.22. The minimum atomic E-state index is -0.925. The maximum Gasteiger partial charge on any atom is 0.322 e. The molecule has 0 bridgehead atoms. The van der Waals surface area contributed by atoms with E-state index in [1.807, 2.05) is 23.1 Å². The summed E-state index contributed by atoms with van der Waals surface area (Å²) in [6, 6.07) is 11.3. The summed E-state index contributed by atoms with van der Waals surface area (Å²) in [6.45, 7) is 4.00. The van der Waals surface area contributed by atoms with Gasteiger partial charge in [-0.25, -0.2) is 4.79 Å². The lowest BCUT2D eigenvalue weighted by molar-refractivity contribution is -0.133. The zero-order chi connectivity index (χ0) is 23.9. The summed E-state index contributed by atoms with van der Waals surface area (Å²) in [7, 11) is 0. The highest BCUT2D eigenvalue weighted by molar-refractivity contribution is 6.29. The fourth-order valence-electron chi connectivity index (χ4n) is 5.09. The van der Waals surface area contributed by atoms with Crippen molar-refractivity contribution in [2.75, 3.05) is 24.5 Å². The molecule has 1 aromatic heterocycles. The standard InChI is InChI=1S/C24H27ClN6O3/c1-15-14-30(21(32)9-10-24(17-5-6-17)22(33)26-23(34)27-24)11-12-31(15)18-4-2-3-16(13-18)19-7-8-20(25)29-28-19/h2-4,7-8,13,15,17H,5-6,9-12,14H2,1H3,(H2,26,27,33,34)/t15-,24?/m0/s1. The van der Waals surface area contributed by atoms with Gasteiger partial charge in [0.2, 0.25) is 5.91 Å². The lowest BCUT2D eigenvalue weighted by atomic mass is 9.87. The van der Waals surface area contributed by atoms with Crippen LogP contribution in [-0.2, 0) is 9.59 Å². The van der Waals surface area contributed by atoms with Gasteiger partial charge in [-0.15, -0.1) is 10.2 Å². The highest BCUT2D eigenvalue weighted by Crippen LogP contribution is 2.43. The van der Waals surface area contributed by atoms with E-state index in [2.05, 4.69) is 44.8 Å². The molecular weight excluding hydrogens is 456 g/mol. The van der Waals surface area contributed by atoms with Crippen molar-refractivity contribution in [1.29, 1.82) is 0 Å². The van der Waals surface area contributed by atoms with E-state index < -0.39 is 11.6 Å². The Hall–Kier alpha value is -3.20. The molecule has 10 heteroatoms. The maximum atomic E-state index is 13.0. The Kier molecular flexibility index (Phi) is 5.89. The number of imide groups is 1. The molecule has 1 unspecified atom stereocenters. The van der Waals surface area contributed by atoms with Crippen molar-refractivity contribution in [3.05, 3.63) is 41.6 Å². The van der Waals surface area contributed by atoms with Crippen LogP contribution in [0.1, 0.15) is 32.6 Å². The molecule has 2 aliphatic heterocycles. The van der Waals surface area contributed by atoms with Gasteiger partial charge in [0.15, 0.2) is 5.15 Å². The predicted octanol–water partition coefficient (Wildman–Crippen LogP) is 2.60. The van der Waals surface area contributed by atoms with E-state index in [0.717, 1.165) is 29.8 Å². The first kappa shape index (κ1) is 22.6. The molecule has 1 saturated carbocycles. The number of carbonyl (C=O) groups excluding carboxylic acids is 3. The van der Waals surface area contributed by atoms with Crippen molar-refractivity contribution in [1.82, 2.24) is 25.7 Å². The lowest BCUT2D eigenvalue weighted by Gasteiger charge is -2.41. The van der Waals surface area contributed by atoms with Crippen LogP contribution in [0.25, 0.3) is 11.3 Å². The number of hydrogen-bond acceptors (Lipinski definition) is 6. The monoisotopic (exact) mass is 482 g/mol. The first-order chi connectivity index (χ1) is 16.4. The molecule has 1 aliphatic carbocycles. The van der Waals surface area contributed by atoms with Crippen LogP contribution in [0.3, 0.4) is 0 Å². The second-order valence-electron chi connectivity index (χ2n) is 9.33. The van der Waals surface area contributed by atoms with Gasteiger partial charge in [-0.2, -0.15) is 0 Å². The van der Waals surface area contributed by atoms with Crippen molar-refractivity contribution < 1.29 is 14.4 Å². The first-order valence-electron chi connectivity index (χ1n) is 11.6. The van der Waals surface area contributed by atoms with Crippen LogP contribution in [0.5, 0.6) is 0 Å². The number of amides is 4. The third kappa shape index (κ3) is 4.32. The van der Waals surface area contributed by atoms with Crippen molar-refractivity contribution >= 4 is 35.1 Å². The topological polar surface area (TPSA) is 108 Å². The fraction of sp³-hybridized carbons (Fsp3) is 0.458. The predicted molar refractivity (Wildman–Crippen MR) is 127 cm³/mol. The number of piperazine rings is 1. The molecular formula is C24H27ClN6O3. The van der Waals surface area contributed by atoms with Crippen LogP contribution >= 0.6 is 11.6 Å². The molecule has 9 nitrogen and oxygen atoms in total. The van der Waals surface area contributed by atoms with Crippen LogP contribution in [0.15, 0.2) is 36.4 Å². The van der Waals surface area contributed by atoms with Crippen LogP contribution in [-0.4, -0.2) is 64.2 Å². The number of rotatable bonds is 6. The molecule has 0 spiro atoms. The molecule has 5 rings (SSSR count). The molecule has 2 atom stereocenters. The van der Waals surface area contributed by atoms with E-state index in [4.69, 9.17) is 11.6 Å². The second-order valence-corrected chi connectivity index (χ2v) is 9.71. The molecule has 178 valence electrons. The molecule has 2 N–H and O–H groups in total. The van der Waals surface area contributed by atoms with E-state index in [1.165, 1.54) is 0 Å². The molecule has 1 aromatic carbocycles. The van der Waals surface area contributed by atoms with E-state index in [0.29, 0.717) is 31.2 Å². The molecule has 34 heavy (non-hydrogen) atoms. The van der Waals surface area contributed by atoms with Gasteiger partial charge < -0.3 is 15.1 Å². The average molecular weight is 483 g/mol. The first-order valence-corrected chi connectivity index (χ1v) is 12.0. The summed E-state index contributed by atoms with van der Waals surface area (Å²) in [5, 5.41) is 13.6. The number of urea groups is 1. The van der Waals surface area contributed by atoms with Gasteiger partial charge in [0.1, 0.15) is 5.54 Å². The average Bonchev–Trinajstić information content (AvgIpc) is 3.63. The Morgan fingerprint density at radius 3 is 2.65 bits per heavy atom. The maximum absolute atomic E-state index is 13.0. The van der Waals surface area contributed by atoms with Crippen molar-refractivity contribution in [2.24, 2.45) is 5.92 Å². The third-order valence-corrected chi connectivity index (χ3v) is 7.26. The number of halogens is 1. The summed E-state index contributed by atoms with van der Waals surface area (Å²) in [5.74, 6) is -0.151. The number of benzene rings is 1. The SMILES string of the molecule is C[C@H]1CN(C(=O)CCC2(C3CC3)NC(=O)NC2=O)CCN1c1cccc(-c2ccc(Cl)nn2)c1. The van der Waals surface area contributed by atoms with Gasteiger partial charge in [-0.3, -0.25) is 14.9 Å². The van der Waals surface area contributed by atoms with Crippen molar-refractivity contribution in [2.45, 2.75) is 44.2 Å². The number of aromatic nitrogens is 2. The minimum absolute atomic E-state index is 0.0191. The Morgan fingerprint density at radius 2 is 2.00 bits per heavy atom. The van der Waals surface area contributed by atoms with Crippen molar-refractivity contribution in [3.63, 3.8) is 0 Å². The molecule has 2 aromatic rings. The van der Waals surface area contributed by atoms with E-state index in [1.54, 1.807) is 6.07 Å². The van der Waals surface area contributed by atoms with E-state index >= 15 is 0 Å². The lowest BCUT2D eigenvalue weighted by Crippen LogP contribution is -2.54. The van der Waals surface area contributed by atoms with Gasteiger partial charge in [-0.1, -0.05) is 23.7 Å². The summed E-state index contributed by atoms with van der Waals surface area (Å²) in [4.78, 5) is 41.3. The Bertz CT molecular complexity index is 1120. The zero-order valence-corrected chi connectivity index (χ0v) is 19.7. The minimum Gasteiger partial charge on any atom is -0.365 e. The van der Waals surface area contributed by atoms with Gasteiger partial charge in [0.25, 0.3) is 5.91 Å². The van der Waals surface area contributed by atoms with Gasteiger partial charge >= 0.3 is 6.03 Å². The van der Waals surface area contributed by atoms with E-state index in [9.17, 15) is 14.4 Å². The molecule has 0 radical (unpaired) electrons. The molecule has 3 heterocycles. The van der Waals surface area contributed by atoms with Crippen LogP contribution in [0.4, 0.5) is 10.5 Å². The fourth-order valence-corrected chi connectivity index (χ4v) is 5.19. The highest BCUT2D eigenvalue weighted by Gasteiger charge is 2.55. The highest BCUT2D eigenvalue weighted by atomic mass is 35.5. The van der Waals surface area contributed by atoms with Gasteiger partial charge in [0, 0.05) is 43.3 Å². The normalized spacial score (nSPS) is 24.7.